The van der Waals surface area contributed by atoms with E-state index in [1.54, 1.807) is 18.2 Å². The van der Waals surface area contributed by atoms with Gasteiger partial charge in [0.1, 0.15) is 4.21 Å². The largest absolute Gasteiger partial charge is 0.316 e. The van der Waals surface area contributed by atoms with E-state index in [-0.39, 0.29) is 0 Å². The maximum Gasteiger partial charge on any atom is 0.250 e. The zero-order chi connectivity index (χ0) is 15.3. The van der Waals surface area contributed by atoms with Crippen molar-refractivity contribution in [2.24, 2.45) is 0 Å². The number of halogens is 1. The van der Waals surface area contributed by atoms with Crippen LogP contribution in [0.3, 0.4) is 0 Å². The monoisotopic (exact) mass is 344 g/mol. The fourth-order valence-corrected chi connectivity index (χ4v) is 4.25. The van der Waals surface area contributed by atoms with E-state index in [4.69, 9.17) is 11.6 Å². The summed E-state index contributed by atoms with van der Waals surface area (Å²) in [7, 11) is -1.59. The maximum absolute atomic E-state index is 12.2. The molecule has 21 heavy (non-hydrogen) atoms. The Morgan fingerprint density at radius 3 is 2.57 bits per heavy atom. The molecule has 0 atom stereocenters. The lowest BCUT2D eigenvalue weighted by molar-refractivity contribution is 0.583. The highest BCUT2D eigenvalue weighted by atomic mass is 35.5. The van der Waals surface area contributed by atoms with Crippen molar-refractivity contribution in [3.63, 3.8) is 0 Å². The van der Waals surface area contributed by atoms with Crippen molar-refractivity contribution in [2.75, 3.05) is 13.6 Å². The van der Waals surface area contributed by atoms with Gasteiger partial charge in [0, 0.05) is 18.1 Å². The molecule has 1 aromatic heterocycles. The van der Waals surface area contributed by atoms with Gasteiger partial charge in [-0.1, -0.05) is 23.7 Å². The lowest BCUT2D eigenvalue weighted by atomic mass is 10.2. The third-order valence-corrected chi connectivity index (χ3v) is 6.10. The molecule has 0 saturated carbocycles. The normalized spacial score (nSPS) is 11.7. The van der Waals surface area contributed by atoms with Crippen molar-refractivity contribution in [1.82, 2.24) is 10.0 Å². The Morgan fingerprint density at radius 2 is 1.90 bits per heavy atom. The van der Waals surface area contributed by atoms with E-state index in [0.29, 0.717) is 28.7 Å². The van der Waals surface area contributed by atoms with E-state index in [2.05, 4.69) is 10.0 Å². The Hall–Kier alpha value is -0.920. The lowest BCUT2D eigenvalue weighted by Crippen LogP contribution is -2.25. The number of benzene rings is 1. The fourth-order valence-electron chi connectivity index (χ4n) is 1.84. The lowest BCUT2D eigenvalue weighted by Gasteiger charge is -2.05. The molecule has 114 valence electrons. The standard InChI is InChI=1S/C14H17ClN2O2S2/c1-16-9-12-8-14(20-10-12)21(18,19)17-7-6-11-2-4-13(15)5-3-11/h2-5,8,10,16-17H,6-7,9H2,1H3. The Kier molecular flexibility index (Phi) is 5.78. The number of sulfonamides is 1. The van der Waals surface area contributed by atoms with Crippen LogP contribution < -0.4 is 10.0 Å². The van der Waals surface area contributed by atoms with Gasteiger partial charge >= 0.3 is 0 Å². The molecular formula is C14H17ClN2O2S2. The highest BCUT2D eigenvalue weighted by Crippen LogP contribution is 2.20. The van der Waals surface area contributed by atoms with Crippen LogP contribution in [0.4, 0.5) is 0 Å². The Labute approximate surface area is 134 Å². The van der Waals surface area contributed by atoms with Crippen molar-refractivity contribution < 1.29 is 8.42 Å². The van der Waals surface area contributed by atoms with Gasteiger partial charge in [-0.25, -0.2) is 13.1 Å². The van der Waals surface area contributed by atoms with Crippen molar-refractivity contribution in [2.45, 2.75) is 17.2 Å². The second-order valence-electron chi connectivity index (χ2n) is 4.58. The zero-order valence-corrected chi connectivity index (χ0v) is 14.0. The van der Waals surface area contributed by atoms with Crippen LogP contribution in [-0.2, 0) is 23.0 Å². The van der Waals surface area contributed by atoms with Gasteiger partial charge in [0.25, 0.3) is 0 Å². The molecule has 0 bridgehead atoms. The van der Waals surface area contributed by atoms with Crippen LogP contribution in [0.25, 0.3) is 0 Å². The molecule has 1 aromatic carbocycles. The summed E-state index contributed by atoms with van der Waals surface area (Å²) < 4.78 is 27.3. The molecular weight excluding hydrogens is 328 g/mol. The average molecular weight is 345 g/mol. The molecule has 0 aliphatic carbocycles. The zero-order valence-electron chi connectivity index (χ0n) is 11.6. The maximum atomic E-state index is 12.2. The molecule has 1 heterocycles. The molecule has 0 fully saturated rings. The molecule has 0 unspecified atom stereocenters. The van der Waals surface area contributed by atoms with Gasteiger partial charge in [0.15, 0.2) is 0 Å². The molecule has 0 amide bonds. The van der Waals surface area contributed by atoms with Gasteiger partial charge in [0.05, 0.1) is 0 Å². The van der Waals surface area contributed by atoms with E-state index < -0.39 is 10.0 Å². The topological polar surface area (TPSA) is 58.2 Å². The van der Waals surface area contributed by atoms with E-state index >= 15 is 0 Å². The fraction of sp³-hybridized carbons (Fsp3) is 0.286. The minimum atomic E-state index is -3.42. The predicted octanol–water partition coefficient (Wildman–Crippen LogP) is 2.64. The first-order chi connectivity index (χ1) is 10.0. The Balaban J connectivity index is 1.92. The molecule has 2 N–H and O–H groups in total. The highest BCUT2D eigenvalue weighted by molar-refractivity contribution is 7.91. The highest BCUT2D eigenvalue weighted by Gasteiger charge is 2.15. The van der Waals surface area contributed by atoms with Crippen LogP contribution in [-0.4, -0.2) is 22.0 Å². The van der Waals surface area contributed by atoms with Crippen molar-refractivity contribution >= 4 is 33.0 Å². The van der Waals surface area contributed by atoms with Gasteiger partial charge in [-0.15, -0.1) is 11.3 Å². The minimum Gasteiger partial charge on any atom is -0.316 e. The molecule has 2 rings (SSSR count). The molecule has 0 spiro atoms. The molecule has 7 heteroatoms. The van der Waals surface area contributed by atoms with Gasteiger partial charge in [-0.05, 0) is 48.2 Å². The van der Waals surface area contributed by atoms with E-state index in [1.165, 1.54) is 11.3 Å². The van der Waals surface area contributed by atoms with E-state index in [0.717, 1.165) is 11.1 Å². The van der Waals surface area contributed by atoms with Crippen LogP contribution >= 0.6 is 22.9 Å². The first kappa shape index (κ1) is 16.5. The summed E-state index contributed by atoms with van der Waals surface area (Å²) in [6.45, 7) is 1.03. The first-order valence-electron chi connectivity index (χ1n) is 6.47. The van der Waals surface area contributed by atoms with E-state index in [1.807, 2.05) is 24.6 Å². The van der Waals surface area contributed by atoms with Crippen LogP contribution in [0, 0.1) is 0 Å². The molecule has 2 aromatic rings. The quantitative estimate of drug-likeness (QED) is 0.811. The van der Waals surface area contributed by atoms with Crippen LogP contribution in [0.2, 0.25) is 5.02 Å². The number of hydrogen-bond acceptors (Lipinski definition) is 4. The second-order valence-corrected chi connectivity index (χ2v) is 7.92. The van der Waals surface area contributed by atoms with Gasteiger partial charge < -0.3 is 5.32 Å². The van der Waals surface area contributed by atoms with Crippen molar-refractivity contribution in [3.8, 4) is 0 Å². The summed E-state index contributed by atoms with van der Waals surface area (Å²) in [4.78, 5) is 0. The molecule has 0 aliphatic rings. The summed E-state index contributed by atoms with van der Waals surface area (Å²) in [5.74, 6) is 0. The number of thiophene rings is 1. The summed E-state index contributed by atoms with van der Waals surface area (Å²) in [6.07, 6.45) is 0.630. The van der Waals surface area contributed by atoms with Crippen molar-refractivity contribution in [3.05, 3.63) is 51.9 Å². The smallest absolute Gasteiger partial charge is 0.250 e. The first-order valence-corrected chi connectivity index (χ1v) is 9.21. The van der Waals surface area contributed by atoms with Gasteiger partial charge in [-0.3, -0.25) is 0 Å². The summed E-state index contributed by atoms with van der Waals surface area (Å²) >= 11 is 7.05. The Morgan fingerprint density at radius 1 is 1.19 bits per heavy atom. The Bertz CT molecular complexity index is 681. The second kappa shape index (κ2) is 7.38. The third kappa shape index (κ3) is 4.79. The van der Waals surface area contributed by atoms with Crippen molar-refractivity contribution in [1.29, 1.82) is 0 Å². The third-order valence-electron chi connectivity index (χ3n) is 2.89. The summed E-state index contributed by atoms with van der Waals surface area (Å²) in [6, 6.07) is 9.09. The van der Waals surface area contributed by atoms with Crippen LogP contribution in [0.1, 0.15) is 11.1 Å². The molecule has 0 radical (unpaired) electrons. The predicted molar refractivity (Wildman–Crippen MR) is 87.4 cm³/mol. The molecule has 4 nitrogen and oxygen atoms in total. The van der Waals surface area contributed by atoms with Crippen LogP contribution in [0.15, 0.2) is 39.9 Å². The van der Waals surface area contributed by atoms with Gasteiger partial charge in [0.2, 0.25) is 10.0 Å². The SMILES string of the molecule is CNCc1csc(S(=O)(=O)NCCc2ccc(Cl)cc2)c1. The number of rotatable bonds is 7. The number of nitrogens with one attached hydrogen (secondary N) is 2. The van der Waals surface area contributed by atoms with Gasteiger partial charge in [-0.2, -0.15) is 0 Å². The summed E-state index contributed by atoms with van der Waals surface area (Å²) in [5.41, 5.74) is 2.02. The number of hydrogen-bond donors (Lipinski definition) is 2. The van der Waals surface area contributed by atoms with Crippen LogP contribution in [0.5, 0.6) is 0 Å². The summed E-state index contributed by atoms with van der Waals surface area (Å²) in [5, 5.41) is 5.53. The molecule has 0 aliphatic heterocycles. The average Bonchev–Trinajstić information content (AvgIpc) is 2.91. The van der Waals surface area contributed by atoms with E-state index in [9.17, 15) is 8.42 Å². The minimum absolute atomic E-state index is 0.351. The molecule has 0 saturated heterocycles.